The van der Waals surface area contributed by atoms with Crippen LogP contribution in [0.2, 0.25) is 0 Å². The molecule has 0 nitrogen and oxygen atoms in total. The van der Waals surface area contributed by atoms with Gasteiger partial charge in [-0.2, -0.15) is 0 Å². The lowest BCUT2D eigenvalue weighted by Gasteiger charge is -2.60. The molecule has 4 rings (SSSR count). The van der Waals surface area contributed by atoms with Crippen LogP contribution >= 0.6 is 0 Å². The molecule has 4 aliphatic carbocycles. The molecule has 3 unspecified atom stereocenters. The van der Waals surface area contributed by atoms with Crippen molar-refractivity contribution in [2.45, 2.75) is 71.6 Å². The van der Waals surface area contributed by atoms with Crippen LogP contribution in [0.5, 0.6) is 0 Å². The van der Waals surface area contributed by atoms with Gasteiger partial charge in [0.1, 0.15) is 0 Å². The van der Waals surface area contributed by atoms with E-state index in [0.717, 1.165) is 29.6 Å². The summed E-state index contributed by atoms with van der Waals surface area (Å²) in [6, 6.07) is 0. The normalized spacial score (nSPS) is 54.3. The van der Waals surface area contributed by atoms with Gasteiger partial charge in [-0.25, -0.2) is 0 Å². The summed E-state index contributed by atoms with van der Waals surface area (Å²) in [5, 5.41) is 0. The van der Waals surface area contributed by atoms with Gasteiger partial charge in [0.15, 0.2) is 0 Å². The smallest absolute Gasteiger partial charge is 0.0179 e. The summed E-state index contributed by atoms with van der Waals surface area (Å²) in [4.78, 5) is 0. The van der Waals surface area contributed by atoms with E-state index in [4.69, 9.17) is 0 Å². The molecule has 0 N–H and O–H groups in total. The first-order valence-corrected chi connectivity index (χ1v) is 9.78. The van der Waals surface area contributed by atoms with E-state index in [2.05, 4.69) is 33.1 Å². The molecular formula is C22H34. The lowest BCUT2D eigenvalue weighted by Crippen LogP contribution is -2.52. The molecule has 0 aromatic rings. The molecule has 122 valence electrons. The zero-order valence-electron chi connectivity index (χ0n) is 14.7. The molecule has 0 aliphatic heterocycles. The fourth-order valence-electron chi connectivity index (χ4n) is 7.58. The second-order valence-electron chi connectivity index (χ2n) is 9.58. The number of rotatable bonds is 1. The van der Waals surface area contributed by atoms with Crippen LogP contribution < -0.4 is 0 Å². The number of fused-ring (bicyclic) bond motifs is 5. The minimum absolute atomic E-state index is 0.574. The Labute approximate surface area is 137 Å². The summed E-state index contributed by atoms with van der Waals surface area (Å²) < 4.78 is 0. The molecule has 0 heteroatoms. The molecule has 22 heavy (non-hydrogen) atoms. The third kappa shape index (κ3) is 1.88. The number of allylic oxidation sites excluding steroid dienone is 2. The molecule has 0 spiro atoms. The van der Waals surface area contributed by atoms with Crippen molar-refractivity contribution in [2.75, 3.05) is 0 Å². The molecule has 4 saturated carbocycles. The summed E-state index contributed by atoms with van der Waals surface area (Å²) in [6.07, 6.45) is 15.1. The Balaban J connectivity index is 1.63. The summed E-state index contributed by atoms with van der Waals surface area (Å²) in [5.74, 6) is 4.72. The van der Waals surface area contributed by atoms with Gasteiger partial charge in [0.05, 0.1) is 0 Å². The summed E-state index contributed by atoms with van der Waals surface area (Å²) in [7, 11) is 0. The molecular weight excluding hydrogens is 264 g/mol. The van der Waals surface area contributed by atoms with Crippen molar-refractivity contribution in [3.8, 4) is 0 Å². The molecule has 4 aliphatic rings. The average molecular weight is 299 g/mol. The van der Waals surface area contributed by atoms with E-state index >= 15 is 0 Å². The average Bonchev–Trinajstić information content (AvgIpc) is 2.84. The molecule has 0 radical (unpaired) electrons. The minimum Gasteiger partial charge on any atom is -0.103 e. The largest absolute Gasteiger partial charge is 0.103 e. The second kappa shape index (κ2) is 4.99. The monoisotopic (exact) mass is 298 g/mol. The SMILES string of the molecule is C=C[C@H]1CCC2C3CC[C@H]4CC(=C)CC[C@]4(C)C3CC[C@@]21C. The maximum atomic E-state index is 4.31. The maximum absolute atomic E-state index is 4.31. The van der Waals surface area contributed by atoms with E-state index < -0.39 is 0 Å². The zero-order chi connectivity index (χ0) is 15.5. The Hall–Kier alpha value is -0.520. The van der Waals surface area contributed by atoms with Crippen molar-refractivity contribution in [1.82, 2.24) is 0 Å². The third-order valence-electron chi connectivity index (χ3n) is 8.98. The van der Waals surface area contributed by atoms with Crippen molar-refractivity contribution < 1.29 is 0 Å². The van der Waals surface area contributed by atoms with Crippen LogP contribution in [0.1, 0.15) is 71.6 Å². The highest BCUT2D eigenvalue weighted by Gasteiger charge is 2.59. The Morgan fingerprint density at radius 3 is 2.50 bits per heavy atom. The molecule has 4 fully saturated rings. The lowest BCUT2D eigenvalue weighted by molar-refractivity contribution is -0.101. The molecule has 0 aromatic carbocycles. The van der Waals surface area contributed by atoms with Gasteiger partial charge in [-0.05, 0) is 98.2 Å². The van der Waals surface area contributed by atoms with Gasteiger partial charge in [-0.15, -0.1) is 6.58 Å². The van der Waals surface area contributed by atoms with Crippen LogP contribution in [0.3, 0.4) is 0 Å². The first kappa shape index (κ1) is 15.0. The van der Waals surface area contributed by atoms with Gasteiger partial charge in [-0.3, -0.25) is 0 Å². The van der Waals surface area contributed by atoms with Crippen LogP contribution in [0, 0.1) is 40.4 Å². The van der Waals surface area contributed by atoms with E-state index in [1.165, 1.54) is 63.4 Å². The lowest BCUT2D eigenvalue weighted by atomic mass is 9.44. The van der Waals surface area contributed by atoms with Crippen LogP contribution in [0.4, 0.5) is 0 Å². The topological polar surface area (TPSA) is 0 Å². The molecule has 7 atom stereocenters. The Bertz CT molecular complexity index is 488. The summed E-state index contributed by atoms with van der Waals surface area (Å²) >= 11 is 0. The van der Waals surface area contributed by atoms with Crippen molar-refractivity contribution in [3.63, 3.8) is 0 Å². The van der Waals surface area contributed by atoms with Crippen molar-refractivity contribution >= 4 is 0 Å². The van der Waals surface area contributed by atoms with Crippen molar-refractivity contribution in [3.05, 3.63) is 24.8 Å². The summed E-state index contributed by atoms with van der Waals surface area (Å²) in [5.41, 5.74) is 2.73. The Kier molecular flexibility index (Phi) is 3.41. The van der Waals surface area contributed by atoms with Gasteiger partial charge in [0, 0.05) is 0 Å². The van der Waals surface area contributed by atoms with Crippen molar-refractivity contribution in [1.29, 1.82) is 0 Å². The van der Waals surface area contributed by atoms with Crippen LogP contribution in [0.25, 0.3) is 0 Å². The van der Waals surface area contributed by atoms with Gasteiger partial charge in [-0.1, -0.05) is 32.1 Å². The predicted molar refractivity (Wildman–Crippen MR) is 94.6 cm³/mol. The summed E-state index contributed by atoms with van der Waals surface area (Å²) in [6.45, 7) is 13.7. The third-order valence-corrected chi connectivity index (χ3v) is 8.98. The Morgan fingerprint density at radius 1 is 0.955 bits per heavy atom. The van der Waals surface area contributed by atoms with E-state index in [1.54, 1.807) is 0 Å². The van der Waals surface area contributed by atoms with Gasteiger partial charge >= 0.3 is 0 Å². The first-order chi connectivity index (χ1) is 10.5. The van der Waals surface area contributed by atoms with E-state index in [1.807, 2.05) is 0 Å². The van der Waals surface area contributed by atoms with Crippen LogP contribution in [0.15, 0.2) is 24.8 Å². The van der Waals surface area contributed by atoms with E-state index in [-0.39, 0.29) is 0 Å². The van der Waals surface area contributed by atoms with Gasteiger partial charge < -0.3 is 0 Å². The quantitative estimate of drug-likeness (QED) is 0.492. The molecule has 0 bridgehead atoms. The molecule has 0 amide bonds. The molecule has 0 saturated heterocycles. The van der Waals surface area contributed by atoms with Crippen LogP contribution in [-0.4, -0.2) is 0 Å². The fourth-order valence-corrected chi connectivity index (χ4v) is 7.58. The zero-order valence-corrected chi connectivity index (χ0v) is 14.7. The van der Waals surface area contributed by atoms with Crippen LogP contribution in [-0.2, 0) is 0 Å². The Morgan fingerprint density at radius 2 is 1.73 bits per heavy atom. The number of hydrogen-bond donors (Lipinski definition) is 0. The molecule has 0 heterocycles. The minimum atomic E-state index is 0.574. The highest BCUT2D eigenvalue weighted by molar-refractivity contribution is 5.14. The van der Waals surface area contributed by atoms with Crippen molar-refractivity contribution in [2.24, 2.45) is 40.4 Å². The van der Waals surface area contributed by atoms with E-state index in [0.29, 0.717) is 10.8 Å². The fraction of sp³-hybridized carbons (Fsp3) is 0.818. The standard InChI is InChI=1S/C22H34/c1-5-16-7-9-19-18-8-6-17-14-15(2)10-12-22(17,4)20(18)11-13-21(16,19)3/h5,16-20H,1-2,6-14H2,3-4H3/t16-,17-,18?,19?,20?,21+,22-/m0/s1. The maximum Gasteiger partial charge on any atom is -0.0179 e. The van der Waals surface area contributed by atoms with E-state index in [9.17, 15) is 0 Å². The molecule has 0 aromatic heterocycles. The second-order valence-corrected chi connectivity index (χ2v) is 9.58. The highest BCUT2D eigenvalue weighted by atomic mass is 14.6. The highest BCUT2D eigenvalue weighted by Crippen LogP contribution is 2.67. The van der Waals surface area contributed by atoms with Gasteiger partial charge in [0.2, 0.25) is 0 Å². The van der Waals surface area contributed by atoms with Gasteiger partial charge in [0.25, 0.3) is 0 Å². The first-order valence-electron chi connectivity index (χ1n) is 9.78. The predicted octanol–water partition coefficient (Wildman–Crippen LogP) is 6.39. The number of hydrogen-bond acceptors (Lipinski definition) is 0.